The van der Waals surface area contributed by atoms with Crippen molar-refractivity contribution >= 4 is 0 Å². The van der Waals surface area contributed by atoms with E-state index < -0.39 is 5.60 Å². The van der Waals surface area contributed by atoms with Gasteiger partial charge in [0, 0.05) is 0 Å². The van der Waals surface area contributed by atoms with Crippen molar-refractivity contribution < 1.29 is 9.84 Å². The zero-order chi connectivity index (χ0) is 12.2. The molecule has 16 heavy (non-hydrogen) atoms. The van der Waals surface area contributed by atoms with Crippen molar-refractivity contribution in [1.29, 1.82) is 0 Å². The molecule has 0 radical (unpaired) electrons. The number of hydrogen-bond donors (Lipinski definition) is 1. The number of ether oxygens (including phenoxy) is 1. The molecule has 1 rings (SSSR count). The van der Waals surface area contributed by atoms with Crippen molar-refractivity contribution in [1.82, 2.24) is 0 Å². The molecule has 2 nitrogen and oxygen atoms in total. The highest BCUT2D eigenvalue weighted by Gasteiger charge is 2.23. The Kier molecular flexibility index (Phi) is 4.57. The molecule has 0 amide bonds. The second kappa shape index (κ2) is 5.33. The van der Waals surface area contributed by atoms with Crippen LogP contribution in [0.5, 0.6) is 0 Å². The average Bonchev–Trinajstić information content (AvgIpc) is 2.16. The Morgan fingerprint density at radius 1 is 1.44 bits per heavy atom. The highest BCUT2D eigenvalue weighted by molar-refractivity contribution is 5.09. The third-order valence-corrected chi connectivity index (χ3v) is 3.26. The van der Waals surface area contributed by atoms with Crippen LogP contribution < -0.4 is 0 Å². The van der Waals surface area contributed by atoms with Crippen LogP contribution in [0.15, 0.2) is 11.6 Å². The number of aliphatic hydroxyl groups excluding tert-OH is 1. The Bertz CT molecular complexity index is 251. The fourth-order valence-corrected chi connectivity index (χ4v) is 2.14. The molecule has 2 heteroatoms. The molecule has 0 saturated carbocycles. The second-order valence-electron chi connectivity index (χ2n) is 6.26. The summed E-state index contributed by atoms with van der Waals surface area (Å²) in [7, 11) is 0. The first kappa shape index (κ1) is 13.7. The van der Waals surface area contributed by atoms with Gasteiger partial charge in [-0.1, -0.05) is 25.5 Å². The maximum absolute atomic E-state index is 9.07. The molecule has 0 bridgehead atoms. The van der Waals surface area contributed by atoms with Crippen molar-refractivity contribution in [2.45, 2.75) is 59.0 Å². The van der Waals surface area contributed by atoms with E-state index in [1.54, 1.807) is 0 Å². The molecule has 0 saturated heterocycles. The predicted octanol–water partition coefficient (Wildman–Crippen LogP) is 3.30. The molecule has 0 aromatic carbocycles. The summed E-state index contributed by atoms with van der Waals surface area (Å²) >= 11 is 0. The molecule has 94 valence electrons. The standard InChI is InChI=1S/C14H26O2/c1-13(2)8-5-6-12(10-13)7-9-16-14(3,4)11-15/h6,15H,5,7-11H2,1-4H3. The third-order valence-electron chi connectivity index (χ3n) is 3.26. The van der Waals surface area contributed by atoms with Crippen LogP contribution in [0.25, 0.3) is 0 Å². The highest BCUT2D eigenvalue weighted by Crippen LogP contribution is 2.36. The summed E-state index contributed by atoms with van der Waals surface area (Å²) in [5.41, 5.74) is 1.58. The molecule has 0 unspecified atom stereocenters. The number of hydrogen-bond acceptors (Lipinski definition) is 2. The van der Waals surface area contributed by atoms with Crippen LogP contribution in [-0.2, 0) is 4.74 Å². The van der Waals surface area contributed by atoms with Crippen molar-refractivity contribution in [2.24, 2.45) is 5.41 Å². The maximum Gasteiger partial charge on any atom is 0.0856 e. The van der Waals surface area contributed by atoms with Gasteiger partial charge in [-0.2, -0.15) is 0 Å². The number of aliphatic hydroxyl groups is 1. The van der Waals surface area contributed by atoms with Crippen molar-refractivity contribution in [2.75, 3.05) is 13.2 Å². The predicted molar refractivity (Wildman–Crippen MR) is 67.4 cm³/mol. The quantitative estimate of drug-likeness (QED) is 0.729. The molecule has 1 N–H and O–H groups in total. The number of allylic oxidation sites excluding steroid dienone is 1. The fraction of sp³-hybridized carbons (Fsp3) is 0.857. The van der Waals surface area contributed by atoms with E-state index in [1.165, 1.54) is 24.8 Å². The summed E-state index contributed by atoms with van der Waals surface area (Å²) in [5, 5.41) is 9.07. The lowest BCUT2D eigenvalue weighted by molar-refractivity contribution is -0.0525. The van der Waals surface area contributed by atoms with Crippen LogP contribution in [-0.4, -0.2) is 23.9 Å². The molecule has 0 fully saturated rings. The van der Waals surface area contributed by atoms with Gasteiger partial charge >= 0.3 is 0 Å². The Morgan fingerprint density at radius 3 is 2.69 bits per heavy atom. The van der Waals surface area contributed by atoms with Gasteiger partial charge in [0.25, 0.3) is 0 Å². The minimum absolute atomic E-state index is 0.0809. The lowest BCUT2D eigenvalue weighted by atomic mass is 9.77. The van der Waals surface area contributed by atoms with Crippen molar-refractivity contribution in [3.8, 4) is 0 Å². The van der Waals surface area contributed by atoms with Gasteiger partial charge in [0.2, 0.25) is 0 Å². The van der Waals surface area contributed by atoms with E-state index in [1.807, 2.05) is 13.8 Å². The summed E-state index contributed by atoms with van der Waals surface area (Å²) in [6, 6.07) is 0. The van der Waals surface area contributed by atoms with Crippen LogP contribution in [0.4, 0.5) is 0 Å². The fourth-order valence-electron chi connectivity index (χ4n) is 2.14. The van der Waals surface area contributed by atoms with Crippen molar-refractivity contribution in [3.05, 3.63) is 11.6 Å². The minimum atomic E-state index is -0.398. The van der Waals surface area contributed by atoms with Crippen molar-refractivity contribution in [3.63, 3.8) is 0 Å². The first-order valence-electron chi connectivity index (χ1n) is 6.27. The summed E-state index contributed by atoms with van der Waals surface area (Å²) < 4.78 is 5.66. The normalized spacial score (nSPS) is 20.7. The average molecular weight is 226 g/mol. The largest absolute Gasteiger partial charge is 0.393 e. The molecule has 0 aliphatic heterocycles. The first-order valence-corrected chi connectivity index (χ1v) is 6.27. The first-order chi connectivity index (χ1) is 7.35. The summed E-state index contributed by atoms with van der Waals surface area (Å²) in [4.78, 5) is 0. The van der Waals surface area contributed by atoms with Gasteiger partial charge < -0.3 is 9.84 Å². The van der Waals surface area contributed by atoms with E-state index in [9.17, 15) is 0 Å². The maximum atomic E-state index is 9.07. The Balaban J connectivity index is 2.31. The van der Waals surface area contributed by atoms with Gasteiger partial charge in [-0.25, -0.2) is 0 Å². The Hall–Kier alpha value is -0.340. The lowest BCUT2D eigenvalue weighted by Crippen LogP contribution is -2.29. The molecule has 1 aliphatic rings. The molecule has 0 heterocycles. The van der Waals surface area contributed by atoms with E-state index in [4.69, 9.17) is 9.84 Å². The van der Waals surface area contributed by atoms with E-state index >= 15 is 0 Å². The molecule has 0 atom stereocenters. The molecular weight excluding hydrogens is 200 g/mol. The third kappa shape index (κ3) is 4.67. The summed E-state index contributed by atoms with van der Waals surface area (Å²) in [6.45, 7) is 9.31. The Morgan fingerprint density at radius 2 is 2.12 bits per heavy atom. The number of rotatable bonds is 5. The lowest BCUT2D eigenvalue weighted by Gasteiger charge is -2.30. The van der Waals surface area contributed by atoms with Gasteiger partial charge in [-0.05, 0) is 44.9 Å². The highest BCUT2D eigenvalue weighted by atomic mass is 16.5. The van der Waals surface area contributed by atoms with E-state index in [0.717, 1.165) is 13.0 Å². The van der Waals surface area contributed by atoms with E-state index in [2.05, 4.69) is 19.9 Å². The van der Waals surface area contributed by atoms with Crippen LogP contribution in [0.1, 0.15) is 53.4 Å². The molecule has 0 spiro atoms. The smallest absolute Gasteiger partial charge is 0.0856 e. The molecule has 1 aliphatic carbocycles. The summed E-state index contributed by atoms with van der Waals surface area (Å²) in [6.07, 6.45) is 7.05. The van der Waals surface area contributed by atoms with E-state index in [0.29, 0.717) is 5.41 Å². The molecular formula is C14H26O2. The minimum Gasteiger partial charge on any atom is -0.393 e. The topological polar surface area (TPSA) is 29.5 Å². The SMILES string of the molecule is CC1(C)CCC=C(CCOC(C)(C)CO)C1. The molecule has 0 aromatic heterocycles. The van der Waals surface area contributed by atoms with Gasteiger partial charge in [0.15, 0.2) is 0 Å². The Labute approximate surface area is 99.7 Å². The summed E-state index contributed by atoms with van der Waals surface area (Å²) in [5.74, 6) is 0. The molecule has 0 aromatic rings. The zero-order valence-electron chi connectivity index (χ0n) is 11.2. The van der Waals surface area contributed by atoms with Crippen LogP contribution in [0.2, 0.25) is 0 Å². The second-order valence-corrected chi connectivity index (χ2v) is 6.26. The zero-order valence-corrected chi connectivity index (χ0v) is 11.2. The van der Waals surface area contributed by atoms with Gasteiger partial charge in [-0.15, -0.1) is 0 Å². The van der Waals surface area contributed by atoms with Crippen LogP contribution in [0.3, 0.4) is 0 Å². The van der Waals surface area contributed by atoms with Crippen LogP contribution in [0, 0.1) is 5.41 Å². The monoisotopic (exact) mass is 226 g/mol. The van der Waals surface area contributed by atoms with Gasteiger partial charge in [0.1, 0.15) is 0 Å². The van der Waals surface area contributed by atoms with Gasteiger partial charge in [0.05, 0.1) is 18.8 Å². The van der Waals surface area contributed by atoms with Gasteiger partial charge in [-0.3, -0.25) is 0 Å². The van der Waals surface area contributed by atoms with E-state index in [-0.39, 0.29) is 6.61 Å². The van der Waals surface area contributed by atoms with Crippen LogP contribution >= 0.6 is 0 Å².